The summed E-state index contributed by atoms with van der Waals surface area (Å²) in [5, 5.41) is 20.3. The van der Waals surface area contributed by atoms with Crippen molar-refractivity contribution >= 4 is 11.7 Å². The van der Waals surface area contributed by atoms with Crippen molar-refractivity contribution in [3.63, 3.8) is 0 Å². The van der Waals surface area contributed by atoms with Gasteiger partial charge in [-0.15, -0.1) is 0 Å². The number of ether oxygens (including phenoxy) is 1. The number of nitrogens with one attached hydrogen (secondary N) is 3. The first-order chi connectivity index (χ1) is 17.0. The van der Waals surface area contributed by atoms with Gasteiger partial charge in [0.15, 0.2) is 12.2 Å². The predicted octanol–water partition coefficient (Wildman–Crippen LogP) is 2.73. The van der Waals surface area contributed by atoms with E-state index in [-0.39, 0.29) is 18.5 Å². The highest BCUT2D eigenvalue weighted by Gasteiger charge is 2.25. The Hall–Kier alpha value is -3.43. The van der Waals surface area contributed by atoms with Crippen molar-refractivity contribution in [3.8, 4) is 5.75 Å². The topological polar surface area (TPSA) is 122 Å². The van der Waals surface area contributed by atoms with Crippen molar-refractivity contribution in [2.24, 2.45) is 0 Å². The first kappa shape index (κ1) is 23.3. The van der Waals surface area contributed by atoms with Crippen molar-refractivity contribution in [2.75, 3.05) is 11.9 Å². The molecule has 3 aromatic rings. The summed E-state index contributed by atoms with van der Waals surface area (Å²) in [4.78, 5) is 21.0. The molecule has 0 bridgehead atoms. The quantitative estimate of drug-likeness (QED) is 0.371. The number of hydrogen-bond acceptors (Lipinski definition) is 8. The van der Waals surface area contributed by atoms with E-state index in [2.05, 4.69) is 25.9 Å². The van der Waals surface area contributed by atoms with Gasteiger partial charge in [0.1, 0.15) is 18.2 Å². The monoisotopic (exact) mass is 477 g/mol. The molecule has 1 fully saturated rings. The van der Waals surface area contributed by atoms with Crippen molar-refractivity contribution in [2.45, 2.75) is 63.9 Å². The molecule has 1 amide bonds. The number of aliphatic hydroxyl groups excluding tert-OH is 1. The van der Waals surface area contributed by atoms with E-state index in [1.54, 1.807) is 18.3 Å². The Balaban J connectivity index is 1.12. The van der Waals surface area contributed by atoms with Gasteiger partial charge in [0, 0.05) is 36.9 Å². The summed E-state index contributed by atoms with van der Waals surface area (Å²) in [6, 6.07) is 9.72. The van der Waals surface area contributed by atoms with Crippen LogP contribution in [-0.2, 0) is 19.6 Å². The Morgan fingerprint density at radius 1 is 1.26 bits per heavy atom. The molecule has 1 aliphatic heterocycles. The van der Waals surface area contributed by atoms with E-state index in [1.807, 2.05) is 25.1 Å². The number of aryl methyl sites for hydroxylation is 1. The van der Waals surface area contributed by atoms with E-state index in [9.17, 15) is 9.90 Å². The summed E-state index contributed by atoms with van der Waals surface area (Å²) >= 11 is 0. The third kappa shape index (κ3) is 5.63. The number of nitrogens with zero attached hydrogens (tertiary/aromatic N) is 2. The van der Waals surface area contributed by atoms with Gasteiger partial charge in [0.25, 0.3) is 5.91 Å². The maximum atomic E-state index is 12.6. The highest BCUT2D eigenvalue weighted by atomic mass is 16.5. The minimum Gasteiger partial charge on any atom is -0.486 e. The number of fused-ring (bicyclic) bond motifs is 1. The molecule has 5 rings (SSSR count). The number of oxazole rings is 1. The number of amides is 1. The molecule has 2 aliphatic rings. The number of carbonyl (C=O) groups is 1. The Morgan fingerprint density at radius 3 is 2.91 bits per heavy atom. The zero-order valence-electron chi connectivity index (χ0n) is 19.8. The zero-order valence-corrected chi connectivity index (χ0v) is 19.8. The van der Waals surface area contributed by atoms with Crippen LogP contribution in [0.25, 0.3) is 0 Å². The molecule has 1 saturated carbocycles. The molecular weight excluding hydrogens is 446 g/mol. The average Bonchev–Trinajstić information content (AvgIpc) is 3.27. The number of hydrogen-bond donors (Lipinski definition) is 4. The van der Waals surface area contributed by atoms with Crippen LogP contribution >= 0.6 is 0 Å². The molecule has 9 nitrogen and oxygen atoms in total. The number of aliphatic hydroxyl groups is 1. The SMILES string of the molecule is Cc1ncoc1COc1ccc2c(c1)CN[C@H]([C@H](O)CNC(=O)c1ccnc(NC3CCC3)c1)C2. The second-order valence-electron chi connectivity index (χ2n) is 9.25. The van der Waals surface area contributed by atoms with Crippen molar-refractivity contribution < 1.29 is 19.1 Å². The van der Waals surface area contributed by atoms with Crippen molar-refractivity contribution in [1.29, 1.82) is 0 Å². The van der Waals surface area contributed by atoms with E-state index < -0.39 is 6.10 Å². The van der Waals surface area contributed by atoms with Crippen LogP contribution in [0.1, 0.15) is 52.2 Å². The van der Waals surface area contributed by atoms with E-state index >= 15 is 0 Å². The van der Waals surface area contributed by atoms with Gasteiger partial charge in [-0.05, 0) is 68.0 Å². The molecular formula is C26H31N5O4. The minimum absolute atomic E-state index is 0.153. The molecule has 9 heteroatoms. The third-order valence-corrected chi connectivity index (χ3v) is 6.80. The fourth-order valence-electron chi connectivity index (χ4n) is 4.35. The second-order valence-corrected chi connectivity index (χ2v) is 9.25. The molecule has 3 heterocycles. The maximum Gasteiger partial charge on any atom is 0.251 e. The van der Waals surface area contributed by atoms with Crippen LogP contribution in [-0.4, -0.2) is 45.7 Å². The van der Waals surface area contributed by atoms with Crippen LogP contribution in [0.15, 0.2) is 47.3 Å². The van der Waals surface area contributed by atoms with Crippen LogP contribution < -0.4 is 20.7 Å². The largest absolute Gasteiger partial charge is 0.486 e. The molecule has 0 saturated heterocycles. The van der Waals surface area contributed by atoms with Crippen LogP contribution in [0, 0.1) is 6.92 Å². The van der Waals surface area contributed by atoms with Crippen LogP contribution in [0.5, 0.6) is 5.75 Å². The zero-order chi connectivity index (χ0) is 24.2. The van der Waals surface area contributed by atoms with Crippen molar-refractivity contribution in [3.05, 3.63) is 71.1 Å². The van der Waals surface area contributed by atoms with E-state index in [1.165, 1.54) is 12.8 Å². The molecule has 0 spiro atoms. The van der Waals surface area contributed by atoms with Crippen LogP contribution in [0.3, 0.4) is 0 Å². The lowest BCUT2D eigenvalue weighted by Gasteiger charge is -2.30. The second kappa shape index (κ2) is 10.5. The molecule has 1 aromatic carbocycles. The number of anilines is 1. The normalized spacial score (nSPS) is 18.3. The highest BCUT2D eigenvalue weighted by Crippen LogP contribution is 2.25. The molecule has 2 aromatic heterocycles. The minimum atomic E-state index is -0.716. The number of aromatic nitrogens is 2. The van der Waals surface area contributed by atoms with E-state index in [0.717, 1.165) is 35.4 Å². The van der Waals surface area contributed by atoms with Crippen LogP contribution in [0.2, 0.25) is 0 Å². The average molecular weight is 478 g/mol. The summed E-state index contributed by atoms with van der Waals surface area (Å²) in [5.41, 5.74) is 3.64. The third-order valence-electron chi connectivity index (χ3n) is 6.80. The molecule has 184 valence electrons. The smallest absolute Gasteiger partial charge is 0.251 e. The Kier molecular flexibility index (Phi) is 6.96. The van der Waals surface area contributed by atoms with Gasteiger partial charge in [0.2, 0.25) is 0 Å². The maximum absolute atomic E-state index is 12.6. The molecule has 0 unspecified atom stereocenters. The molecule has 1 aliphatic carbocycles. The molecule has 0 radical (unpaired) electrons. The van der Waals surface area contributed by atoms with E-state index in [0.29, 0.717) is 42.8 Å². The fourth-order valence-corrected chi connectivity index (χ4v) is 4.35. The van der Waals surface area contributed by atoms with Gasteiger partial charge in [0.05, 0.1) is 11.8 Å². The van der Waals surface area contributed by atoms with Gasteiger partial charge in [-0.25, -0.2) is 9.97 Å². The van der Waals surface area contributed by atoms with Gasteiger partial charge < -0.3 is 30.2 Å². The number of pyridine rings is 1. The molecule has 4 N–H and O–H groups in total. The van der Waals surface area contributed by atoms with E-state index in [4.69, 9.17) is 9.15 Å². The first-order valence-corrected chi connectivity index (χ1v) is 12.1. The standard InChI is InChI=1S/C26H31N5O4/c1-16-24(35-15-30-16)14-34-21-6-5-17-10-22(28-12-19(17)9-21)23(32)13-29-26(33)18-7-8-27-25(11-18)31-20-3-2-4-20/h5-9,11,15,20,22-23,28,32H,2-4,10,12-14H2,1H3,(H,27,31)(H,29,33)/t22-,23+/m0/s1. The number of rotatable bonds is 9. The van der Waals surface area contributed by atoms with Crippen LogP contribution in [0.4, 0.5) is 5.82 Å². The lowest BCUT2D eigenvalue weighted by atomic mass is 9.92. The Bertz CT molecular complexity index is 1180. The first-order valence-electron chi connectivity index (χ1n) is 12.1. The Morgan fingerprint density at radius 2 is 2.14 bits per heavy atom. The van der Waals surface area contributed by atoms with Gasteiger partial charge in [-0.1, -0.05) is 6.07 Å². The van der Waals surface area contributed by atoms with Crippen molar-refractivity contribution in [1.82, 2.24) is 20.6 Å². The lowest BCUT2D eigenvalue weighted by Crippen LogP contribution is -2.49. The number of benzene rings is 1. The number of carbonyl (C=O) groups excluding carboxylic acids is 1. The van der Waals surface area contributed by atoms with Gasteiger partial charge in [-0.3, -0.25) is 4.79 Å². The lowest BCUT2D eigenvalue weighted by molar-refractivity contribution is 0.0870. The summed E-state index contributed by atoms with van der Waals surface area (Å²) in [7, 11) is 0. The summed E-state index contributed by atoms with van der Waals surface area (Å²) in [6.45, 7) is 2.99. The molecule has 2 atom stereocenters. The highest BCUT2D eigenvalue weighted by molar-refractivity contribution is 5.94. The predicted molar refractivity (Wildman–Crippen MR) is 130 cm³/mol. The summed E-state index contributed by atoms with van der Waals surface area (Å²) < 4.78 is 11.2. The molecule has 35 heavy (non-hydrogen) atoms. The summed E-state index contributed by atoms with van der Waals surface area (Å²) in [5.74, 6) is 1.97. The van der Waals surface area contributed by atoms with Gasteiger partial charge in [-0.2, -0.15) is 0 Å². The Labute approximate surface area is 204 Å². The fraction of sp³-hybridized carbons (Fsp3) is 0.423. The summed E-state index contributed by atoms with van der Waals surface area (Å²) in [6.07, 6.45) is 6.51. The van der Waals surface area contributed by atoms with Gasteiger partial charge >= 0.3 is 0 Å².